The van der Waals surface area contributed by atoms with E-state index in [0.717, 1.165) is 0 Å². The van der Waals surface area contributed by atoms with Crippen LogP contribution in [0.2, 0.25) is 0 Å². The number of carboxylic acid groups (broad SMARTS) is 1. The maximum Gasteiger partial charge on any atom is 0.326 e. The Kier molecular flexibility index (Phi) is 11.8. The molecule has 5 unspecified atom stereocenters. The number of carbonyl (C=O) groups excluding carboxylic acids is 3. The standard InChI is InChI=1S/C20H34N6O5S/c1-5-11(2)16(19(29)25-15(20(30)31)8-13-9-22-10-23-13)26-18(28)14(6-7-32-4)24-17(27)12(3)21/h9-12,14-16H,5-8,21H2,1-4H3,(H,22,23)(H,24,27)(H,25,29)(H,26,28)(H,30,31). The van der Waals surface area contributed by atoms with Crippen molar-refractivity contribution in [2.45, 2.75) is 64.2 Å². The van der Waals surface area contributed by atoms with Gasteiger partial charge in [0.2, 0.25) is 17.7 Å². The van der Waals surface area contributed by atoms with Gasteiger partial charge in [0.25, 0.3) is 0 Å². The van der Waals surface area contributed by atoms with Crippen molar-refractivity contribution in [1.29, 1.82) is 0 Å². The zero-order valence-corrected chi connectivity index (χ0v) is 19.7. The number of aromatic amines is 1. The number of imidazole rings is 1. The van der Waals surface area contributed by atoms with Crippen LogP contribution in [0, 0.1) is 5.92 Å². The summed E-state index contributed by atoms with van der Waals surface area (Å²) in [6, 6.07) is -3.82. The van der Waals surface area contributed by atoms with Gasteiger partial charge in [0.1, 0.15) is 18.1 Å². The van der Waals surface area contributed by atoms with Crippen LogP contribution < -0.4 is 21.7 Å². The van der Waals surface area contributed by atoms with Crippen LogP contribution in [0.15, 0.2) is 12.5 Å². The molecule has 7 N–H and O–H groups in total. The highest BCUT2D eigenvalue weighted by molar-refractivity contribution is 7.98. The normalized spacial score (nSPS) is 15.7. The number of rotatable bonds is 14. The molecule has 0 aliphatic rings. The Morgan fingerprint density at radius 1 is 1.12 bits per heavy atom. The quantitative estimate of drug-likeness (QED) is 0.213. The van der Waals surface area contributed by atoms with Crippen LogP contribution in [0.5, 0.6) is 0 Å². The van der Waals surface area contributed by atoms with Crippen LogP contribution in [0.3, 0.4) is 0 Å². The Labute approximate surface area is 192 Å². The second kappa shape index (κ2) is 13.7. The second-order valence-electron chi connectivity index (χ2n) is 7.68. The highest BCUT2D eigenvalue weighted by atomic mass is 32.2. The molecule has 0 saturated carbocycles. The zero-order chi connectivity index (χ0) is 24.3. The molecule has 11 nitrogen and oxygen atoms in total. The number of carboxylic acids is 1. The summed E-state index contributed by atoms with van der Waals surface area (Å²) < 4.78 is 0. The van der Waals surface area contributed by atoms with Crippen molar-refractivity contribution < 1.29 is 24.3 Å². The van der Waals surface area contributed by atoms with E-state index in [2.05, 4.69) is 25.9 Å². The molecular formula is C20H34N6O5S. The number of amides is 3. The van der Waals surface area contributed by atoms with E-state index in [-0.39, 0.29) is 12.3 Å². The number of nitrogens with zero attached hydrogens (tertiary/aromatic N) is 1. The van der Waals surface area contributed by atoms with Crippen LogP contribution in [0.1, 0.15) is 39.3 Å². The van der Waals surface area contributed by atoms with Gasteiger partial charge in [-0.05, 0) is 31.3 Å². The van der Waals surface area contributed by atoms with Gasteiger partial charge in [0.05, 0.1) is 12.4 Å². The van der Waals surface area contributed by atoms with E-state index >= 15 is 0 Å². The maximum absolute atomic E-state index is 13.0. The molecule has 1 rings (SSSR count). The average molecular weight is 471 g/mol. The molecule has 0 aliphatic heterocycles. The molecule has 0 aromatic carbocycles. The molecule has 1 aromatic rings. The molecule has 0 saturated heterocycles. The Bertz CT molecular complexity index is 758. The molecule has 12 heteroatoms. The maximum atomic E-state index is 13.0. The number of hydrogen-bond donors (Lipinski definition) is 6. The van der Waals surface area contributed by atoms with E-state index in [9.17, 15) is 24.3 Å². The van der Waals surface area contributed by atoms with Gasteiger partial charge in [-0.2, -0.15) is 11.8 Å². The fourth-order valence-electron chi connectivity index (χ4n) is 2.84. The molecule has 5 atom stereocenters. The number of aromatic nitrogens is 2. The number of thioether (sulfide) groups is 1. The van der Waals surface area contributed by atoms with Crippen molar-refractivity contribution in [2.75, 3.05) is 12.0 Å². The predicted octanol–water partition coefficient (Wildman–Crippen LogP) is -0.362. The first kappa shape index (κ1) is 27.4. The minimum absolute atomic E-state index is 0.0169. The van der Waals surface area contributed by atoms with Gasteiger partial charge in [0.15, 0.2) is 0 Å². The predicted molar refractivity (Wildman–Crippen MR) is 122 cm³/mol. The van der Waals surface area contributed by atoms with Crippen LogP contribution in [0.25, 0.3) is 0 Å². The van der Waals surface area contributed by atoms with E-state index in [1.807, 2.05) is 13.2 Å². The Morgan fingerprint density at radius 2 is 1.78 bits per heavy atom. The first-order valence-electron chi connectivity index (χ1n) is 10.5. The molecule has 3 amide bonds. The van der Waals surface area contributed by atoms with Crippen molar-refractivity contribution >= 4 is 35.5 Å². The minimum atomic E-state index is -1.20. The fourth-order valence-corrected chi connectivity index (χ4v) is 3.31. The van der Waals surface area contributed by atoms with Crippen LogP contribution in [-0.4, -0.2) is 74.9 Å². The third kappa shape index (κ3) is 8.87. The molecule has 0 aliphatic carbocycles. The lowest BCUT2D eigenvalue weighted by Gasteiger charge is -2.28. The van der Waals surface area contributed by atoms with Crippen molar-refractivity contribution in [2.24, 2.45) is 11.7 Å². The topological polar surface area (TPSA) is 179 Å². The third-order valence-electron chi connectivity index (χ3n) is 5.04. The third-order valence-corrected chi connectivity index (χ3v) is 5.69. The molecule has 0 bridgehead atoms. The highest BCUT2D eigenvalue weighted by Gasteiger charge is 2.32. The molecule has 0 fully saturated rings. The van der Waals surface area contributed by atoms with Gasteiger partial charge in [-0.25, -0.2) is 9.78 Å². The van der Waals surface area contributed by atoms with Gasteiger partial charge in [0, 0.05) is 18.3 Å². The molecule has 1 aromatic heterocycles. The summed E-state index contributed by atoms with van der Waals surface area (Å²) in [5.74, 6) is -2.46. The van der Waals surface area contributed by atoms with E-state index < -0.39 is 47.9 Å². The molecule has 0 radical (unpaired) electrons. The van der Waals surface area contributed by atoms with Crippen molar-refractivity contribution in [1.82, 2.24) is 25.9 Å². The molecule has 180 valence electrons. The van der Waals surface area contributed by atoms with Crippen molar-refractivity contribution in [3.63, 3.8) is 0 Å². The second-order valence-corrected chi connectivity index (χ2v) is 8.67. The summed E-state index contributed by atoms with van der Waals surface area (Å²) in [6.45, 7) is 5.16. The molecule has 1 heterocycles. The van der Waals surface area contributed by atoms with Crippen LogP contribution in [-0.2, 0) is 25.6 Å². The summed E-state index contributed by atoms with van der Waals surface area (Å²) >= 11 is 1.52. The summed E-state index contributed by atoms with van der Waals surface area (Å²) in [6.07, 6.45) is 5.72. The van der Waals surface area contributed by atoms with Gasteiger partial charge in [-0.15, -0.1) is 0 Å². The molecular weight excluding hydrogens is 436 g/mol. The Balaban J connectivity index is 2.96. The Hall–Kier alpha value is -2.60. The number of hydrogen-bond acceptors (Lipinski definition) is 7. The number of nitrogens with two attached hydrogens (primary N) is 1. The largest absolute Gasteiger partial charge is 0.480 e. The summed E-state index contributed by atoms with van der Waals surface area (Å²) in [5, 5.41) is 17.3. The summed E-state index contributed by atoms with van der Waals surface area (Å²) in [5.41, 5.74) is 6.15. The minimum Gasteiger partial charge on any atom is -0.480 e. The Morgan fingerprint density at radius 3 is 2.28 bits per heavy atom. The number of carbonyl (C=O) groups is 4. The number of H-pyrrole nitrogens is 1. The molecule has 0 spiro atoms. The SMILES string of the molecule is CCC(C)C(NC(=O)C(CCSC)NC(=O)C(C)N)C(=O)NC(Cc1cnc[nH]1)C(=O)O. The van der Waals surface area contributed by atoms with E-state index in [1.165, 1.54) is 31.2 Å². The summed E-state index contributed by atoms with van der Waals surface area (Å²) in [4.78, 5) is 56.2. The van der Waals surface area contributed by atoms with Gasteiger partial charge in [-0.1, -0.05) is 20.3 Å². The van der Waals surface area contributed by atoms with E-state index in [0.29, 0.717) is 24.3 Å². The van der Waals surface area contributed by atoms with Gasteiger partial charge in [-0.3, -0.25) is 14.4 Å². The van der Waals surface area contributed by atoms with Crippen molar-refractivity contribution in [3.05, 3.63) is 18.2 Å². The van der Waals surface area contributed by atoms with Crippen molar-refractivity contribution in [3.8, 4) is 0 Å². The van der Waals surface area contributed by atoms with Gasteiger partial charge < -0.3 is 31.8 Å². The van der Waals surface area contributed by atoms with Crippen LogP contribution >= 0.6 is 11.8 Å². The fraction of sp³-hybridized carbons (Fsp3) is 0.650. The first-order chi connectivity index (χ1) is 15.1. The summed E-state index contributed by atoms with van der Waals surface area (Å²) in [7, 11) is 0. The lowest BCUT2D eigenvalue weighted by molar-refractivity contribution is -0.142. The smallest absolute Gasteiger partial charge is 0.326 e. The van der Waals surface area contributed by atoms with Crippen LogP contribution in [0.4, 0.5) is 0 Å². The lowest BCUT2D eigenvalue weighted by atomic mass is 9.97. The average Bonchev–Trinajstić information content (AvgIpc) is 3.26. The molecule has 32 heavy (non-hydrogen) atoms. The van der Waals surface area contributed by atoms with E-state index in [1.54, 1.807) is 6.92 Å². The zero-order valence-electron chi connectivity index (χ0n) is 18.9. The first-order valence-corrected chi connectivity index (χ1v) is 11.9. The van der Waals surface area contributed by atoms with Gasteiger partial charge >= 0.3 is 5.97 Å². The lowest BCUT2D eigenvalue weighted by Crippen LogP contribution is -2.58. The van der Waals surface area contributed by atoms with E-state index in [4.69, 9.17) is 5.73 Å². The number of nitrogens with one attached hydrogen (secondary N) is 4. The number of aliphatic carboxylic acids is 1. The monoisotopic (exact) mass is 470 g/mol. The highest BCUT2D eigenvalue weighted by Crippen LogP contribution is 2.11.